The molecule has 0 radical (unpaired) electrons. The molecule has 25 heavy (non-hydrogen) atoms. The Hall–Kier alpha value is -1.81. The predicted molar refractivity (Wildman–Crippen MR) is 101 cm³/mol. The molecule has 0 bridgehead atoms. The van der Waals surface area contributed by atoms with Crippen LogP contribution in [0.4, 0.5) is 0 Å². The van der Waals surface area contributed by atoms with Crippen molar-refractivity contribution in [1.29, 1.82) is 0 Å². The molecule has 0 unspecified atom stereocenters. The van der Waals surface area contributed by atoms with Crippen LogP contribution >= 0.6 is 11.6 Å². The molecule has 0 saturated carbocycles. The first-order valence-corrected chi connectivity index (χ1v) is 9.49. The van der Waals surface area contributed by atoms with Gasteiger partial charge in [0.2, 0.25) is 5.91 Å². The molecule has 2 aromatic rings. The summed E-state index contributed by atoms with van der Waals surface area (Å²) >= 11 is 5.90. The van der Waals surface area contributed by atoms with E-state index in [-0.39, 0.29) is 5.91 Å². The molecule has 0 atom stereocenters. The Morgan fingerprint density at radius 3 is 2.60 bits per heavy atom. The topological polar surface area (TPSA) is 38.1 Å². The summed E-state index contributed by atoms with van der Waals surface area (Å²) in [5.74, 6) is 2.07. The van der Waals surface area contributed by atoms with Gasteiger partial charge in [0, 0.05) is 43.5 Å². The highest BCUT2D eigenvalue weighted by atomic mass is 35.5. The number of halogens is 1. The van der Waals surface area contributed by atoms with E-state index < -0.39 is 0 Å². The molecule has 0 N–H and O–H groups in total. The van der Waals surface area contributed by atoms with Crippen LogP contribution in [-0.4, -0.2) is 33.4 Å². The van der Waals surface area contributed by atoms with E-state index in [0.29, 0.717) is 12.3 Å². The highest BCUT2D eigenvalue weighted by molar-refractivity contribution is 6.30. The van der Waals surface area contributed by atoms with Crippen LogP contribution in [0.3, 0.4) is 0 Å². The number of carbonyl (C=O) groups excluding carboxylic acids is 1. The second-order valence-electron chi connectivity index (χ2n) is 6.91. The lowest BCUT2D eigenvalue weighted by Gasteiger charge is -2.32. The van der Waals surface area contributed by atoms with Gasteiger partial charge in [-0.3, -0.25) is 4.79 Å². The summed E-state index contributed by atoms with van der Waals surface area (Å²) in [5.41, 5.74) is 1.17. The third-order valence-corrected chi connectivity index (χ3v) is 5.46. The van der Waals surface area contributed by atoms with Crippen LogP contribution in [0.15, 0.2) is 36.7 Å². The summed E-state index contributed by atoms with van der Waals surface area (Å²) in [6, 6.07) is 7.77. The van der Waals surface area contributed by atoms with Crippen molar-refractivity contribution in [1.82, 2.24) is 14.5 Å². The van der Waals surface area contributed by atoms with Crippen molar-refractivity contribution in [2.45, 2.75) is 45.6 Å². The third kappa shape index (κ3) is 5.08. The molecule has 1 aliphatic heterocycles. The van der Waals surface area contributed by atoms with Crippen LogP contribution in [0.1, 0.15) is 37.1 Å². The Labute approximate surface area is 154 Å². The molecule has 1 aromatic carbocycles. The van der Waals surface area contributed by atoms with Crippen LogP contribution in [0, 0.1) is 12.8 Å². The van der Waals surface area contributed by atoms with Gasteiger partial charge >= 0.3 is 0 Å². The standard InChI is InChI=1S/C20H26ClN3O/c1-16-22-11-15-23(16)12-8-18-9-13-24(14-10-18)20(25)7-4-17-2-5-19(21)6-3-17/h2-3,5-6,11,15,18H,4,7-10,12-14H2,1H3. The number of carbonyl (C=O) groups is 1. The van der Waals surface area contributed by atoms with Crippen molar-refractivity contribution >= 4 is 17.5 Å². The molecule has 4 nitrogen and oxygen atoms in total. The smallest absolute Gasteiger partial charge is 0.222 e. The number of hydrogen-bond acceptors (Lipinski definition) is 2. The summed E-state index contributed by atoms with van der Waals surface area (Å²) in [6.07, 6.45) is 8.67. The van der Waals surface area contributed by atoms with Gasteiger partial charge in [-0.2, -0.15) is 0 Å². The van der Waals surface area contributed by atoms with Crippen LogP contribution < -0.4 is 0 Å². The zero-order valence-corrected chi connectivity index (χ0v) is 15.6. The van der Waals surface area contributed by atoms with Gasteiger partial charge in [0.25, 0.3) is 0 Å². The van der Waals surface area contributed by atoms with Crippen LogP contribution in [0.5, 0.6) is 0 Å². The molecule has 1 fully saturated rings. The molecule has 1 saturated heterocycles. The minimum atomic E-state index is 0.277. The van der Waals surface area contributed by atoms with E-state index in [0.717, 1.165) is 49.7 Å². The van der Waals surface area contributed by atoms with E-state index in [1.165, 1.54) is 12.0 Å². The summed E-state index contributed by atoms with van der Waals surface area (Å²) < 4.78 is 2.21. The quantitative estimate of drug-likeness (QED) is 0.778. The van der Waals surface area contributed by atoms with Gasteiger partial charge < -0.3 is 9.47 Å². The van der Waals surface area contributed by atoms with E-state index in [2.05, 4.69) is 9.55 Å². The zero-order chi connectivity index (χ0) is 17.6. The molecule has 0 spiro atoms. The average molecular weight is 360 g/mol. The van der Waals surface area contributed by atoms with Gasteiger partial charge in [-0.15, -0.1) is 0 Å². The molecule has 2 heterocycles. The summed E-state index contributed by atoms with van der Waals surface area (Å²) in [7, 11) is 0. The summed E-state index contributed by atoms with van der Waals surface area (Å²) in [6.45, 7) is 4.86. The maximum atomic E-state index is 12.4. The molecular formula is C20H26ClN3O. The monoisotopic (exact) mass is 359 g/mol. The fourth-order valence-corrected chi connectivity index (χ4v) is 3.62. The van der Waals surface area contributed by atoms with Crippen LogP contribution in [0.25, 0.3) is 0 Å². The van der Waals surface area contributed by atoms with Crippen molar-refractivity contribution in [2.75, 3.05) is 13.1 Å². The SMILES string of the molecule is Cc1nccn1CCC1CCN(C(=O)CCc2ccc(Cl)cc2)CC1. The number of amides is 1. The Morgan fingerprint density at radius 1 is 1.24 bits per heavy atom. The molecule has 1 amide bonds. The number of imidazole rings is 1. The first-order valence-electron chi connectivity index (χ1n) is 9.12. The molecule has 5 heteroatoms. The normalized spacial score (nSPS) is 15.5. The van der Waals surface area contributed by atoms with Gasteiger partial charge in [-0.1, -0.05) is 23.7 Å². The van der Waals surface area contributed by atoms with Crippen LogP contribution in [-0.2, 0) is 17.8 Å². The molecule has 0 aliphatic carbocycles. The Kier molecular flexibility index (Phi) is 6.14. The van der Waals surface area contributed by atoms with Crippen LogP contribution in [0.2, 0.25) is 5.02 Å². The number of hydrogen-bond donors (Lipinski definition) is 0. The van der Waals surface area contributed by atoms with Gasteiger partial charge in [0.15, 0.2) is 0 Å². The number of aromatic nitrogens is 2. The summed E-state index contributed by atoms with van der Waals surface area (Å²) in [5, 5.41) is 0.739. The van der Waals surface area contributed by atoms with Gasteiger partial charge in [0.05, 0.1) is 0 Å². The number of benzene rings is 1. The van der Waals surface area contributed by atoms with E-state index in [1.54, 1.807) is 0 Å². The largest absolute Gasteiger partial charge is 0.343 e. The molecule has 3 rings (SSSR count). The maximum Gasteiger partial charge on any atom is 0.222 e. The van der Waals surface area contributed by atoms with Crippen molar-refractivity contribution < 1.29 is 4.79 Å². The number of aryl methyl sites for hydroxylation is 3. The Balaban J connectivity index is 1.38. The summed E-state index contributed by atoms with van der Waals surface area (Å²) in [4.78, 5) is 18.7. The minimum absolute atomic E-state index is 0.277. The fraction of sp³-hybridized carbons (Fsp3) is 0.500. The van der Waals surface area contributed by atoms with E-state index in [4.69, 9.17) is 11.6 Å². The lowest BCUT2D eigenvalue weighted by Crippen LogP contribution is -2.38. The molecular weight excluding hydrogens is 334 g/mol. The first-order chi connectivity index (χ1) is 12.1. The lowest BCUT2D eigenvalue weighted by molar-refractivity contribution is -0.132. The second-order valence-corrected chi connectivity index (χ2v) is 7.34. The Morgan fingerprint density at radius 2 is 1.96 bits per heavy atom. The van der Waals surface area contributed by atoms with E-state index in [1.807, 2.05) is 48.5 Å². The molecule has 134 valence electrons. The van der Waals surface area contributed by atoms with Gasteiger partial charge in [-0.05, 0) is 56.2 Å². The van der Waals surface area contributed by atoms with E-state index in [9.17, 15) is 4.79 Å². The first kappa shape index (κ1) is 18.0. The van der Waals surface area contributed by atoms with Crippen molar-refractivity contribution in [3.8, 4) is 0 Å². The Bertz CT molecular complexity index is 687. The highest BCUT2D eigenvalue weighted by Crippen LogP contribution is 2.22. The highest BCUT2D eigenvalue weighted by Gasteiger charge is 2.22. The zero-order valence-electron chi connectivity index (χ0n) is 14.8. The molecule has 1 aromatic heterocycles. The average Bonchev–Trinajstić information content (AvgIpc) is 3.04. The van der Waals surface area contributed by atoms with Gasteiger partial charge in [-0.25, -0.2) is 4.98 Å². The molecule has 1 aliphatic rings. The number of piperidine rings is 1. The predicted octanol–water partition coefficient (Wildman–Crippen LogP) is 4.11. The number of likely N-dealkylation sites (tertiary alicyclic amines) is 1. The maximum absolute atomic E-state index is 12.4. The lowest BCUT2D eigenvalue weighted by atomic mass is 9.93. The van der Waals surface area contributed by atoms with Gasteiger partial charge in [0.1, 0.15) is 5.82 Å². The fourth-order valence-electron chi connectivity index (χ4n) is 3.49. The second kappa shape index (κ2) is 8.52. The third-order valence-electron chi connectivity index (χ3n) is 5.21. The number of rotatable bonds is 6. The number of nitrogens with zero attached hydrogens (tertiary/aromatic N) is 3. The van der Waals surface area contributed by atoms with Crippen molar-refractivity contribution in [2.24, 2.45) is 5.92 Å². The van der Waals surface area contributed by atoms with Crippen molar-refractivity contribution in [3.05, 3.63) is 53.1 Å². The van der Waals surface area contributed by atoms with Crippen molar-refractivity contribution in [3.63, 3.8) is 0 Å². The van der Waals surface area contributed by atoms with E-state index >= 15 is 0 Å². The minimum Gasteiger partial charge on any atom is -0.343 e.